The first-order valence-electron chi connectivity index (χ1n) is 3.42. The first kappa shape index (κ1) is 14.4. The van der Waals surface area contributed by atoms with E-state index in [0.29, 0.717) is 6.61 Å². The summed E-state index contributed by atoms with van der Waals surface area (Å²) in [6.07, 6.45) is 1.88. The largest absolute Gasteiger partial charge is 2.00 e. The molecule has 0 fully saturated rings. The Kier molecular flexibility index (Phi) is 9.11. The van der Waals surface area contributed by atoms with Crippen LogP contribution in [0.5, 0.6) is 0 Å². The fourth-order valence-corrected chi connectivity index (χ4v) is 0.743. The Morgan fingerprint density at radius 2 is 2.00 bits per heavy atom. The number of aliphatic hydroxyl groups is 1. The average molecular weight is 222 g/mol. The number of hydrogen-bond acceptors (Lipinski definition) is 3. The first-order chi connectivity index (χ1) is 5.13. The Bertz CT molecular complexity index is 156. The molecule has 0 radical (unpaired) electrons. The smallest absolute Gasteiger partial charge is 0.565 e. The molecule has 0 aromatic rings. The van der Waals surface area contributed by atoms with Gasteiger partial charge < -0.3 is 21.1 Å². The molecule has 12 heavy (non-hydrogen) atoms. The van der Waals surface area contributed by atoms with Crippen molar-refractivity contribution in [2.24, 2.45) is 5.92 Å². The second-order valence-corrected chi connectivity index (χ2v) is 2.32. The number of rotatable bonds is 5. The third kappa shape index (κ3) is 4.73. The van der Waals surface area contributed by atoms with Crippen LogP contribution in [0.4, 0.5) is 0 Å². The van der Waals surface area contributed by atoms with Gasteiger partial charge in [0.15, 0.2) is 0 Å². The maximum absolute atomic E-state index is 11.0. The summed E-state index contributed by atoms with van der Waals surface area (Å²) in [5.74, 6) is -1.52. The molecule has 0 aliphatic heterocycles. The molecule has 0 aliphatic rings. The monoisotopic (exact) mass is 220 g/mol. The van der Waals surface area contributed by atoms with E-state index in [1.54, 1.807) is 13.3 Å². The van der Waals surface area contributed by atoms with Gasteiger partial charge in [-0.2, -0.15) is 13.5 Å². The topological polar surface area (TPSA) is 54.4 Å². The van der Waals surface area contributed by atoms with Crippen LogP contribution in [0.1, 0.15) is 20.3 Å². The summed E-state index contributed by atoms with van der Waals surface area (Å²) >= 11 is 0. The van der Waals surface area contributed by atoms with E-state index in [1.807, 2.05) is 0 Å². The van der Waals surface area contributed by atoms with E-state index in [-0.39, 0.29) is 37.5 Å². The minimum absolute atomic E-state index is 0. The molecule has 0 spiro atoms. The van der Waals surface area contributed by atoms with E-state index in [2.05, 4.69) is 0 Å². The third-order valence-corrected chi connectivity index (χ3v) is 1.34. The summed E-state index contributed by atoms with van der Waals surface area (Å²) in [6.45, 7) is 3.66. The normalized spacial score (nSPS) is 11.6. The molecule has 0 amide bonds. The van der Waals surface area contributed by atoms with Crippen LogP contribution in [0.15, 0.2) is 0 Å². The fourth-order valence-electron chi connectivity index (χ4n) is 0.743. The number of ketones is 2. The molecule has 0 saturated heterocycles. The molecule has 4 heteroatoms. The molecule has 1 N–H and O–H groups in total. The van der Waals surface area contributed by atoms with E-state index in [1.165, 1.54) is 6.92 Å². The third-order valence-electron chi connectivity index (χ3n) is 1.34. The number of carbonyl (C=O) groups is 2. The molecule has 3 nitrogen and oxygen atoms in total. The van der Waals surface area contributed by atoms with Crippen LogP contribution in [0, 0.1) is 18.9 Å². The van der Waals surface area contributed by atoms with Gasteiger partial charge in [0.1, 0.15) is 5.78 Å². The minimum Gasteiger partial charge on any atom is -0.565 e. The maximum atomic E-state index is 11.0. The molecule has 0 aliphatic carbocycles. The summed E-state index contributed by atoms with van der Waals surface area (Å²) in [6, 6.07) is 0. The summed E-state index contributed by atoms with van der Waals surface area (Å²) in [5, 5.41) is 8.51. The molecule has 0 aromatic carbocycles. The van der Waals surface area contributed by atoms with Crippen LogP contribution in [0.2, 0.25) is 0 Å². The van der Waals surface area contributed by atoms with E-state index in [4.69, 9.17) is 5.11 Å². The van der Waals surface area contributed by atoms with Crippen LogP contribution in [-0.2, 0) is 29.1 Å². The standard InChI is InChI=1S/C8H12O3.Zn/c1-3-4-8(11)7(5-9)6(2)10;/h3,5,7,9H,4H2,1-2H3;/q-2;+2. The second-order valence-electron chi connectivity index (χ2n) is 2.32. The Labute approximate surface area is 85.3 Å². The van der Waals surface area contributed by atoms with Gasteiger partial charge in [-0.05, 0) is 12.8 Å². The van der Waals surface area contributed by atoms with Crippen molar-refractivity contribution in [3.05, 3.63) is 13.0 Å². The number of carbonyl (C=O) groups excluding carboxylic acids is 2. The first-order valence-corrected chi connectivity index (χ1v) is 3.42. The van der Waals surface area contributed by atoms with Gasteiger partial charge in [-0.1, -0.05) is 0 Å². The van der Waals surface area contributed by atoms with Crippen molar-refractivity contribution in [3.63, 3.8) is 0 Å². The van der Waals surface area contributed by atoms with Crippen LogP contribution < -0.4 is 0 Å². The van der Waals surface area contributed by atoms with E-state index < -0.39 is 5.92 Å². The van der Waals surface area contributed by atoms with Crippen molar-refractivity contribution in [1.29, 1.82) is 0 Å². The minimum atomic E-state index is -0.939. The molecule has 0 aromatic heterocycles. The number of hydrogen-bond donors (Lipinski definition) is 1. The van der Waals surface area contributed by atoms with Crippen LogP contribution in [-0.4, -0.2) is 16.7 Å². The summed E-state index contributed by atoms with van der Waals surface area (Å²) in [5.41, 5.74) is 0. The Morgan fingerprint density at radius 1 is 1.50 bits per heavy atom. The van der Waals surface area contributed by atoms with Crippen molar-refractivity contribution >= 4 is 11.6 Å². The molecule has 1 atom stereocenters. The zero-order valence-corrected chi connectivity index (χ0v) is 10.4. The van der Waals surface area contributed by atoms with Crippen LogP contribution in [0.3, 0.4) is 0 Å². The van der Waals surface area contributed by atoms with Gasteiger partial charge in [0.2, 0.25) is 0 Å². The molecule has 64 valence electrons. The zero-order chi connectivity index (χ0) is 8.85. The van der Waals surface area contributed by atoms with Gasteiger partial charge in [0.05, 0.1) is 5.78 Å². The molecule has 0 heterocycles. The SMILES string of the molecule is C[CH-]CC(=O)C([CH-]O)C(C)=O.[Zn+2]. The van der Waals surface area contributed by atoms with Gasteiger partial charge in [-0.15, -0.1) is 6.42 Å². The van der Waals surface area contributed by atoms with Crippen molar-refractivity contribution in [3.8, 4) is 0 Å². The van der Waals surface area contributed by atoms with Gasteiger partial charge in [-0.25, -0.2) is 0 Å². The predicted octanol–water partition coefficient (Wildman–Crippen LogP) is 0.907. The van der Waals surface area contributed by atoms with Crippen molar-refractivity contribution in [2.45, 2.75) is 20.3 Å². The maximum Gasteiger partial charge on any atom is 2.00 e. The second kappa shape index (κ2) is 7.57. The van der Waals surface area contributed by atoms with Gasteiger partial charge in [0, 0.05) is 0 Å². The van der Waals surface area contributed by atoms with Crippen molar-refractivity contribution in [2.75, 3.05) is 0 Å². The van der Waals surface area contributed by atoms with Gasteiger partial charge in [-0.3, -0.25) is 0 Å². The number of aliphatic hydroxyl groups excluding tert-OH is 1. The van der Waals surface area contributed by atoms with E-state index in [9.17, 15) is 9.59 Å². The molecular weight excluding hydrogens is 209 g/mol. The molecular formula is C8H12O3Zn. The Hall–Kier alpha value is -0.0766. The number of Topliss-reactive ketones (excluding diaryl/α,β-unsaturated/α-hetero) is 2. The average Bonchev–Trinajstić information content (AvgIpc) is 1.88. The molecule has 1 unspecified atom stereocenters. The van der Waals surface area contributed by atoms with Crippen molar-refractivity contribution < 1.29 is 34.2 Å². The van der Waals surface area contributed by atoms with Gasteiger partial charge >= 0.3 is 19.5 Å². The van der Waals surface area contributed by atoms with Gasteiger partial charge in [0.25, 0.3) is 0 Å². The van der Waals surface area contributed by atoms with E-state index in [0.717, 1.165) is 0 Å². The fraction of sp³-hybridized carbons (Fsp3) is 0.500. The zero-order valence-electron chi connectivity index (χ0n) is 7.41. The van der Waals surface area contributed by atoms with E-state index >= 15 is 0 Å². The quantitative estimate of drug-likeness (QED) is 0.426. The summed E-state index contributed by atoms with van der Waals surface area (Å²) < 4.78 is 0. The van der Waals surface area contributed by atoms with Crippen LogP contribution in [0.25, 0.3) is 0 Å². The predicted molar refractivity (Wildman–Crippen MR) is 40.0 cm³/mol. The Balaban J connectivity index is 0. The van der Waals surface area contributed by atoms with Crippen molar-refractivity contribution in [1.82, 2.24) is 0 Å². The summed E-state index contributed by atoms with van der Waals surface area (Å²) in [4.78, 5) is 21.6. The summed E-state index contributed by atoms with van der Waals surface area (Å²) in [7, 11) is 0. The van der Waals surface area contributed by atoms with Crippen LogP contribution >= 0.6 is 0 Å². The molecule has 0 rings (SSSR count). The molecule has 0 saturated carbocycles. The Morgan fingerprint density at radius 3 is 2.25 bits per heavy atom. The molecule has 0 bridgehead atoms.